The van der Waals surface area contributed by atoms with Gasteiger partial charge in [-0.15, -0.1) is 0 Å². The van der Waals surface area contributed by atoms with E-state index in [1.54, 1.807) is 0 Å². The standard InChI is InChI=1S/C26H33N9O/c1-17-13-24(33-32-17)30-25-22-6-5-19(34-9-11-36-12-10-34)16-23(22)29-26(31-25)28-18-14-20-3-4-21(15-18)35(20)8-2-7-27/h5-6,13,16,18,20-21H,2-4,8-12,14-15H2,1H3,(H3,28,29,30,31,32,33). The first-order chi connectivity index (χ1) is 17.7. The first kappa shape index (κ1) is 23.0. The summed E-state index contributed by atoms with van der Waals surface area (Å²) in [4.78, 5) is 14.8. The topological polar surface area (TPSA) is 118 Å². The van der Waals surface area contributed by atoms with E-state index < -0.39 is 0 Å². The van der Waals surface area contributed by atoms with Crippen molar-refractivity contribution in [3.63, 3.8) is 0 Å². The van der Waals surface area contributed by atoms with E-state index in [-0.39, 0.29) is 0 Å². The van der Waals surface area contributed by atoms with Crippen molar-refractivity contribution in [2.75, 3.05) is 48.4 Å². The molecule has 36 heavy (non-hydrogen) atoms. The molecule has 0 radical (unpaired) electrons. The third kappa shape index (κ3) is 4.68. The third-order valence-corrected chi connectivity index (χ3v) is 7.71. The fourth-order valence-electron chi connectivity index (χ4n) is 6.02. The quantitative estimate of drug-likeness (QED) is 0.460. The molecule has 3 N–H and O–H groups in total. The highest BCUT2D eigenvalue weighted by Crippen LogP contribution is 2.37. The Morgan fingerprint density at radius 1 is 1.14 bits per heavy atom. The number of morpholine rings is 1. The van der Waals surface area contributed by atoms with Gasteiger partial charge in [-0.25, -0.2) is 4.98 Å². The molecule has 188 valence electrons. The maximum Gasteiger partial charge on any atom is 0.225 e. The number of fused-ring (bicyclic) bond motifs is 3. The largest absolute Gasteiger partial charge is 0.378 e. The van der Waals surface area contributed by atoms with Gasteiger partial charge in [0.2, 0.25) is 5.95 Å². The van der Waals surface area contributed by atoms with Gasteiger partial charge < -0.3 is 20.3 Å². The van der Waals surface area contributed by atoms with Crippen LogP contribution in [0.4, 0.5) is 23.3 Å². The number of aromatic nitrogens is 4. The number of anilines is 4. The molecule has 6 rings (SSSR count). The van der Waals surface area contributed by atoms with Gasteiger partial charge in [-0.05, 0) is 50.8 Å². The summed E-state index contributed by atoms with van der Waals surface area (Å²) in [6.45, 7) is 6.12. The number of H-pyrrole nitrogens is 1. The second-order valence-electron chi connectivity index (χ2n) is 10.1. The Bertz CT molecular complexity index is 1250. The monoisotopic (exact) mass is 487 g/mol. The second-order valence-corrected chi connectivity index (χ2v) is 10.1. The molecule has 0 spiro atoms. The van der Waals surface area contributed by atoms with Gasteiger partial charge in [-0.2, -0.15) is 15.3 Å². The van der Waals surface area contributed by atoms with Crippen LogP contribution >= 0.6 is 0 Å². The average Bonchev–Trinajstić information content (AvgIpc) is 3.41. The highest BCUT2D eigenvalue weighted by atomic mass is 16.5. The van der Waals surface area contributed by atoms with E-state index in [9.17, 15) is 0 Å². The van der Waals surface area contributed by atoms with E-state index in [2.05, 4.69) is 54.9 Å². The summed E-state index contributed by atoms with van der Waals surface area (Å²) < 4.78 is 5.53. The summed E-state index contributed by atoms with van der Waals surface area (Å²) in [6.07, 6.45) is 5.13. The second kappa shape index (κ2) is 9.91. The molecule has 2 aromatic heterocycles. The molecule has 1 aromatic carbocycles. The minimum atomic E-state index is 0.321. The number of rotatable bonds is 7. The average molecular weight is 488 g/mol. The lowest BCUT2D eigenvalue weighted by Gasteiger charge is -2.38. The summed E-state index contributed by atoms with van der Waals surface area (Å²) in [5, 5.41) is 24.4. The van der Waals surface area contributed by atoms with Gasteiger partial charge in [-0.1, -0.05) is 0 Å². The number of piperidine rings is 1. The number of nitrogens with one attached hydrogen (secondary N) is 3. The summed E-state index contributed by atoms with van der Waals surface area (Å²) in [5.74, 6) is 2.13. The zero-order chi connectivity index (χ0) is 24.5. The van der Waals surface area contributed by atoms with Gasteiger partial charge in [0, 0.05) is 67.0 Å². The lowest BCUT2D eigenvalue weighted by atomic mass is 9.97. The molecule has 2 bridgehead atoms. The number of ether oxygens (including phenoxy) is 1. The van der Waals surface area contributed by atoms with Gasteiger partial charge in [-0.3, -0.25) is 10.00 Å². The minimum Gasteiger partial charge on any atom is -0.378 e. The predicted molar refractivity (Wildman–Crippen MR) is 140 cm³/mol. The molecular formula is C26H33N9O. The van der Waals surface area contributed by atoms with Crippen molar-refractivity contribution in [3.8, 4) is 6.07 Å². The molecule has 10 heteroatoms. The highest BCUT2D eigenvalue weighted by Gasteiger charge is 2.40. The Morgan fingerprint density at radius 2 is 1.94 bits per heavy atom. The van der Waals surface area contributed by atoms with Crippen molar-refractivity contribution in [3.05, 3.63) is 30.0 Å². The van der Waals surface area contributed by atoms with E-state index in [4.69, 9.17) is 20.0 Å². The summed E-state index contributed by atoms with van der Waals surface area (Å²) in [7, 11) is 0. The SMILES string of the molecule is Cc1cc(Nc2nc(NC3CC4CCC(C3)N4CCC#N)nc3cc(N4CCOCC4)ccc23)n[nH]1. The lowest BCUT2D eigenvalue weighted by Crippen LogP contribution is -2.47. The van der Waals surface area contributed by atoms with Crippen molar-refractivity contribution in [1.82, 2.24) is 25.1 Å². The fourth-order valence-corrected chi connectivity index (χ4v) is 6.02. The summed E-state index contributed by atoms with van der Waals surface area (Å²) in [6, 6.07) is 12.1. The fraction of sp³-hybridized carbons (Fsp3) is 0.538. The number of hydrogen-bond donors (Lipinski definition) is 3. The number of aryl methyl sites for hydroxylation is 1. The number of nitriles is 1. The maximum atomic E-state index is 9.03. The van der Waals surface area contributed by atoms with Crippen LogP contribution in [0, 0.1) is 18.3 Å². The lowest BCUT2D eigenvalue weighted by molar-refractivity contribution is 0.122. The zero-order valence-corrected chi connectivity index (χ0v) is 20.7. The summed E-state index contributed by atoms with van der Waals surface area (Å²) >= 11 is 0. The number of hydrogen-bond acceptors (Lipinski definition) is 9. The van der Waals surface area contributed by atoms with Crippen LogP contribution in [-0.2, 0) is 4.74 Å². The van der Waals surface area contributed by atoms with E-state index in [0.29, 0.717) is 30.5 Å². The summed E-state index contributed by atoms with van der Waals surface area (Å²) in [5.41, 5.74) is 3.05. The highest BCUT2D eigenvalue weighted by molar-refractivity contribution is 5.93. The molecule has 2 unspecified atom stereocenters. The zero-order valence-electron chi connectivity index (χ0n) is 20.7. The van der Waals surface area contributed by atoms with Gasteiger partial charge in [0.15, 0.2) is 5.82 Å². The molecule has 5 heterocycles. The number of benzene rings is 1. The van der Waals surface area contributed by atoms with E-state index in [0.717, 1.165) is 79.6 Å². The van der Waals surface area contributed by atoms with Crippen molar-refractivity contribution in [1.29, 1.82) is 5.26 Å². The van der Waals surface area contributed by atoms with Gasteiger partial charge in [0.1, 0.15) is 5.82 Å². The molecule has 3 saturated heterocycles. The van der Waals surface area contributed by atoms with E-state index in [1.165, 1.54) is 12.8 Å². The molecule has 0 amide bonds. The Balaban J connectivity index is 1.28. The first-order valence-corrected chi connectivity index (χ1v) is 13.0. The van der Waals surface area contributed by atoms with Crippen molar-refractivity contribution < 1.29 is 4.74 Å². The Labute approximate surface area is 211 Å². The normalized spacial score (nSPS) is 24.1. The molecule has 3 aliphatic rings. The van der Waals surface area contributed by atoms with Crippen LogP contribution in [0.5, 0.6) is 0 Å². The van der Waals surface area contributed by atoms with Crippen molar-refractivity contribution >= 4 is 34.2 Å². The van der Waals surface area contributed by atoms with Crippen LogP contribution < -0.4 is 15.5 Å². The Morgan fingerprint density at radius 3 is 2.67 bits per heavy atom. The van der Waals surface area contributed by atoms with Crippen molar-refractivity contribution in [2.24, 2.45) is 0 Å². The Hall–Kier alpha value is -3.42. The molecule has 0 saturated carbocycles. The smallest absolute Gasteiger partial charge is 0.225 e. The van der Waals surface area contributed by atoms with Crippen LogP contribution in [0.25, 0.3) is 10.9 Å². The predicted octanol–water partition coefficient (Wildman–Crippen LogP) is 3.56. The third-order valence-electron chi connectivity index (χ3n) is 7.71. The molecule has 0 aliphatic carbocycles. The molecule has 10 nitrogen and oxygen atoms in total. The minimum absolute atomic E-state index is 0.321. The molecule has 3 aliphatic heterocycles. The number of aromatic amines is 1. The van der Waals surface area contributed by atoms with E-state index in [1.807, 2.05) is 13.0 Å². The molecule has 3 fully saturated rings. The van der Waals surface area contributed by atoms with Crippen LogP contribution in [-0.4, -0.2) is 76.0 Å². The van der Waals surface area contributed by atoms with E-state index >= 15 is 0 Å². The number of nitrogens with zero attached hydrogens (tertiary/aromatic N) is 6. The van der Waals surface area contributed by atoms with Crippen LogP contribution in [0.2, 0.25) is 0 Å². The molecular weight excluding hydrogens is 454 g/mol. The molecule has 3 aromatic rings. The van der Waals surface area contributed by atoms with Crippen LogP contribution in [0.3, 0.4) is 0 Å². The van der Waals surface area contributed by atoms with Crippen molar-refractivity contribution in [2.45, 2.75) is 57.2 Å². The van der Waals surface area contributed by atoms with Gasteiger partial charge in [0.25, 0.3) is 0 Å². The maximum absolute atomic E-state index is 9.03. The Kier molecular flexibility index (Phi) is 6.34. The van der Waals surface area contributed by atoms with Gasteiger partial charge in [0.05, 0.1) is 24.8 Å². The van der Waals surface area contributed by atoms with Crippen LogP contribution in [0.15, 0.2) is 24.3 Å². The first-order valence-electron chi connectivity index (χ1n) is 13.0. The van der Waals surface area contributed by atoms with Crippen LogP contribution in [0.1, 0.15) is 37.8 Å². The molecule has 2 atom stereocenters. The van der Waals surface area contributed by atoms with Gasteiger partial charge >= 0.3 is 0 Å².